The first-order valence-corrected chi connectivity index (χ1v) is 3.98. The first-order valence-electron chi connectivity index (χ1n) is 3.98. The summed E-state index contributed by atoms with van der Waals surface area (Å²) in [6.07, 6.45) is 0.526. The highest BCUT2D eigenvalue weighted by Crippen LogP contribution is 2.23. The number of hydrogen-bond acceptors (Lipinski definition) is 3. The van der Waals surface area contributed by atoms with Crippen molar-refractivity contribution in [1.82, 2.24) is 0 Å². The van der Waals surface area contributed by atoms with Gasteiger partial charge in [0.25, 0.3) is 0 Å². The second kappa shape index (κ2) is 4.26. The van der Waals surface area contributed by atoms with E-state index in [0.29, 0.717) is 11.8 Å². The fraction of sp³-hybridized carbons (Fsp3) is 0.111. The molecule has 15 heavy (non-hydrogen) atoms. The van der Waals surface area contributed by atoms with E-state index in [1.165, 1.54) is 12.1 Å². The van der Waals surface area contributed by atoms with Crippen molar-refractivity contribution in [1.29, 1.82) is 0 Å². The maximum atomic E-state index is 10.7. The molecule has 0 saturated heterocycles. The van der Waals surface area contributed by atoms with Crippen molar-refractivity contribution in [3.8, 4) is 0 Å². The van der Waals surface area contributed by atoms with Crippen LogP contribution in [0.1, 0.15) is 26.3 Å². The Balaban J connectivity index is 3.51. The zero-order valence-electron chi connectivity index (χ0n) is 7.84. The van der Waals surface area contributed by atoms with Gasteiger partial charge >= 0.3 is 5.97 Å². The van der Waals surface area contributed by atoms with E-state index in [2.05, 4.69) is 10.0 Å². The van der Waals surface area contributed by atoms with Crippen LogP contribution in [0.25, 0.3) is 10.4 Å². The topological polar surface area (TPSA) is 103 Å². The third kappa shape index (κ3) is 2.12. The summed E-state index contributed by atoms with van der Waals surface area (Å²) in [6, 6.07) is 2.46. The molecule has 1 N–H and O–H groups in total. The minimum absolute atomic E-state index is 0.0786. The maximum absolute atomic E-state index is 10.7. The van der Waals surface area contributed by atoms with Crippen LogP contribution in [0.4, 0.5) is 5.69 Å². The number of carboxylic acid groups (broad SMARTS) is 1. The zero-order valence-corrected chi connectivity index (χ0v) is 7.84. The van der Waals surface area contributed by atoms with Crippen molar-refractivity contribution in [3.63, 3.8) is 0 Å². The van der Waals surface area contributed by atoms with E-state index in [1.54, 1.807) is 6.92 Å². The zero-order chi connectivity index (χ0) is 11.4. The Bertz CT molecular complexity index is 476. The third-order valence-corrected chi connectivity index (χ3v) is 1.95. The van der Waals surface area contributed by atoms with Gasteiger partial charge in [-0.2, -0.15) is 0 Å². The van der Waals surface area contributed by atoms with Crippen molar-refractivity contribution in [2.75, 3.05) is 0 Å². The highest BCUT2D eigenvalue weighted by atomic mass is 16.4. The van der Waals surface area contributed by atoms with Gasteiger partial charge < -0.3 is 5.11 Å². The normalized spacial score (nSPS) is 9.13. The number of benzene rings is 1. The number of aromatic carboxylic acids is 1. The van der Waals surface area contributed by atoms with Gasteiger partial charge in [-0.1, -0.05) is 5.11 Å². The standard InChI is InChI=1S/C9H7N3O3/c1-5-7(4-13)2-6(9(14)15)3-8(5)11-12-10/h2-4H,1H3,(H,14,15). The number of azide groups is 1. The minimum Gasteiger partial charge on any atom is -0.478 e. The van der Waals surface area contributed by atoms with Gasteiger partial charge in [-0.3, -0.25) is 4.79 Å². The predicted octanol–water partition coefficient (Wildman–Crippen LogP) is 2.45. The number of carbonyl (C=O) groups excluding carboxylic acids is 1. The van der Waals surface area contributed by atoms with Crippen LogP contribution in [0.5, 0.6) is 0 Å². The van der Waals surface area contributed by atoms with Crippen LogP contribution in [0, 0.1) is 6.92 Å². The van der Waals surface area contributed by atoms with E-state index in [1.807, 2.05) is 0 Å². The molecule has 0 atom stereocenters. The largest absolute Gasteiger partial charge is 0.478 e. The van der Waals surface area contributed by atoms with E-state index >= 15 is 0 Å². The van der Waals surface area contributed by atoms with E-state index in [9.17, 15) is 9.59 Å². The lowest BCUT2D eigenvalue weighted by atomic mass is 10.0. The molecule has 0 amide bonds. The van der Waals surface area contributed by atoms with Gasteiger partial charge in [0.15, 0.2) is 0 Å². The lowest BCUT2D eigenvalue weighted by Gasteiger charge is -2.04. The first kappa shape index (κ1) is 10.7. The van der Waals surface area contributed by atoms with Crippen molar-refractivity contribution >= 4 is 17.9 Å². The highest BCUT2D eigenvalue weighted by Gasteiger charge is 2.09. The Kier molecular flexibility index (Phi) is 3.05. The van der Waals surface area contributed by atoms with Gasteiger partial charge in [0.2, 0.25) is 0 Å². The van der Waals surface area contributed by atoms with Crippen LogP contribution in [-0.2, 0) is 0 Å². The van der Waals surface area contributed by atoms with Crippen molar-refractivity contribution in [2.45, 2.75) is 6.92 Å². The molecule has 6 nitrogen and oxygen atoms in total. The van der Waals surface area contributed by atoms with Crippen LogP contribution in [0.3, 0.4) is 0 Å². The molecule has 0 spiro atoms. The molecule has 0 aliphatic carbocycles. The molecule has 1 aromatic rings. The van der Waals surface area contributed by atoms with E-state index in [0.717, 1.165) is 0 Å². The quantitative estimate of drug-likeness (QED) is 0.354. The first-order chi connectivity index (χ1) is 7.10. The Morgan fingerprint density at radius 3 is 2.73 bits per heavy atom. The summed E-state index contributed by atoms with van der Waals surface area (Å²) in [7, 11) is 0. The van der Waals surface area contributed by atoms with Crippen LogP contribution >= 0.6 is 0 Å². The monoisotopic (exact) mass is 205 g/mol. The summed E-state index contributed by atoms with van der Waals surface area (Å²) in [5.41, 5.74) is 9.00. The predicted molar refractivity (Wildman–Crippen MR) is 52.3 cm³/mol. The molecular weight excluding hydrogens is 198 g/mol. The molecule has 0 saturated carbocycles. The van der Waals surface area contributed by atoms with Crippen LogP contribution < -0.4 is 0 Å². The average Bonchev–Trinajstić information content (AvgIpc) is 2.21. The van der Waals surface area contributed by atoms with Gasteiger partial charge in [-0.05, 0) is 30.2 Å². The van der Waals surface area contributed by atoms with Gasteiger partial charge in [0.1, 0.15) is 6.29 Å². The molecular formula is C9H7N3O3. The van der Waals surface area contributed by atoms with E-state index in [-0.39, 0.29) is 16.8 Å². The lowest BCUT2D eigenvalue weighted by molar-refractivity contribution is 0.0697. The molecule has 6 heteroatoms. The highest BCUT2D eigenvalue weighted by molar-refractivity contribution is 5.92. The van der Waals surface area contributed by atoms with Crippen LogP contribution in [0.15, 0.2) is 17.2 Å². The number of carbonyl (C=O) groups is 2. The van der Waals surface area contributed by atoms with Crippen molar-refractivity contribution < 1.29 is 14.7 Å². The number of nitrogens with zero attached hydrogens (tertiary/aromatic N) is 3. The van der Waals surface area contributed by atoms with E-state index < -0.39 is 5.97 Å². The molecule has 0 heterocycles. The van der Waals surface area contributed by atoms with Gasteiger partial charge in [0.05, 0.1) is 5.56 Å². The molecule has 0 unspecified atom stereocenters. The Labute approximate surface area is 84.8 Å². The minimum atomic E-state index is -1.17. The second-order valence-corrected chi connectivity index (χ2v) is 2.82. The smallest absolute Gasteiger partial charge is 0.335 e. The van der Waals surface area contributed by atoms with Gasteiger partial charge in [-0.15, -0.1) is 0 Å². The molecule has 0 radical (unpaired) electrons. The van der Waals surface area contributed by atoms with Gasteiger partial charge in [-0.25, -0.2) is 4.79 Å². The molecule has 0 aromatic heterocycles. The molecule has 0 bridgehead atoms. The summed E-state index contributed by atoms with van der Waals surface area (Å²) < 4.78 is 0. The molecule has 0 aliphatic rings. The summed E-state index contributed by atoms with van der Waals surface area (Å²) in [5, 5.41) is 12.1. The molecule has 0 aliphatic heterocycles. The maximum Gasteiger partial charge on any atom is 0.335 e. The summed E-state index contributed by atoms with van der Waals surface area (Å²) in [4.78, 5) is 23.9. The summed E-state index contributed by atoms with van der Waals surface area (Å²) in [6.45, 7) is 1.58. The summed E-state index contributed by atoms with van der Waals surface area (Å²) >= 11 is 0. The van der Waals surface area contributed by atoms with Gasteiger partial charge in [0, 0.05) is 16.2 Å². The number of rotatable bonds is 3. The lowest BCUT2D eigenvalue weighted by Crippen LogP contribution is -1.99. The fourth-order valence-electron chi connectivity index (χ4n) is 1.12. The Morgan fingerprint density at radius 2 is 2.27 bits per heavy atom. The fourth-order valence-corrected chi connectivity index (χ4v) is 1.12. The average molecular weight is 205 g/mol. The molecule has 1 aromatic carbocycles. The third-order valence-electron chi connectivity index (χ3n) is 1.95. The molecule has 76 valence electrons. The van der Waals surface area contributed by atoms with Crippen molar-refractivity contribution in [2.24, 2.45) is 5.11 Å². The molecule has 1 rings (SSSR count). The number of hydrogen-bond donors (Lipinski definition) is 1. The Morgan fingerprint density at radius 1 is 1.60 bits per heavy atom. The SMILES string of the molecule is Cc1c(C=O)cc(C(=O)O)cc1N=[N+]=[N-]. The number of carboxylic acids is 1. The number of aldehydes is 1. The van der Waals surface area contributed by atoms with Crippen LogP contribution in [-0.4, -0.2) is 17.4 Å². The Hall–Kier alpha value is -2.33. The van der Waals surface area contributed by atoms with Crippen molar-refractivity contribution in [3.05, 3.63) is 39.3 Å². The second-order valence-electron chi connectivity index (χ2n) is 2.82. The molecule has 0 fully saturated rings. The summed E-state index contributed by atoms with van der Waals surface area (Å²) in [5.74, 6) is -1.17. The van der Waals surface area contributed by atoms with Crippen LogP contribution in [0.2, 0.25) is 0 Å². The van der Waals surface area contributed by atoms with E-state index in [4.69, 9.17) is 10.6 Å².